The van der Waals surface area contributed by atoms with Crippen LogP contribution in [0.2, 0.25) is 0 Å². The number of halogens is 3. The Morgan fingerprint density at radius 2 is 1.96 bits per heavy atom. The highest BCUT2D eigenvalue weighted by Gasteiger charge is 2.41. The molecule has 8 heteroatoms. The van der Waals surface area contributed by atoms with E-state index in [1.807, 2.05) is 19.9 Å². The number of alkyl halides is 3. The second-order valence-corrected chi connectivity index (χ2v) is 7.20. The van der Waals surface area contributed by atoms with E-state index in [-0.39, 0.29) is 11.7 Å². The number of carbonyl (C=O) groups excluding carboxylic acids is 1. The first kappa shape index (κ1) is 20.1. The van der Waals surface area contributed by atoms with Crippen LogP contribution in [0.15, 0.2) is 42.6 Å². The number of benzene rings is 1. The van der Waals surface area contributed by atoms with Crippen LogP contribution in [-0.4, -0.2) is 33.6 Å². The van der Waals surface area contributed by atoms with Crippen molar-refractivity contribution in [2.75, 3.05) is 11.9 Å². The van der Waals surface area contributed by atoms with E-state index in [2.05, 4.69) is 10.3 Å². The molecule has 2 atom stereocenters. The number of piperidine rings is 1. The zero-order valence-corrected chi connectivity index (χ0v) is 15.6. The van der Waals surface area contributed by atoms with Crippen LogP contribution in [-0.2, 0) is 11.8 Å². The molecule has 0 aliphatic carbocycles. The predicted molar refractivity (Wildman–Crippen MR) is 98.7 cm³/mol. The molecular weight excluding hydrogens is 371 g/mol. The molecule has 0 radical (unpaired) electrons. The highest BCUT2D eigenvalue weighted by Crippen LogP contribution is 2.36. The second-order valence-electron chi connectivity index (χ2n) is 7.20. The third-order valence-corrected chi connectivity index (χ3v) is 5.11. The van der Waals surface area contributed by atoms with E-state index in [4.69, 9.17) is 0 Å². The lowest BCUT2D eigenvalue weighted by atomic mass is 9.82. The molecular formula is C20H22F3N3O2. The van der Waals surface area contributed by atoms with Crippen LogP contribution < -0.4 is 5.32 Å². The van der Waals surface area contributed by atoms with Crippen LogP contribution in [0.5, 0.6) is 0 Å². The number of hydrogen-bond donors (Lipinski definition) is 2. The van der Waals surface area contributed by atoms with Gasteiger partial charge in [-0.3, -0.25) is 4.98 Å². The van der Waals surface area contributed by atoms with E-state index >= 15 is 0 Å². The Morgan fingerprint density at radius 3 is 2.54 bits per heavy atom. The number of pyridine rings is 1. The van der Waals surface area contributed by atoms with Gasteiger partial charge >= 0.3 is 12.2 Å². The lowest BCUT2D eigenvalue weighted by Gasteiger charge is -2.42. The standard InChI is InChI=1S/C20H22F3N3O2/c1-13-4-3-10-24-17(13)19(28)9-11-26(14(2)12-19)18(27)25-16-7-5-15(6-8-16)20(21,22)23/h3-8,10,14,28H,9,11-12H2,1-2H3,(H,25,27). The molecule has 1 aromatic carbocycles. The van der Waals surface area contributed by atoms with E-state index in [0.717, 1.165) is 17.7 Å². The Kier molecular flexibility index (Phi) is 5.34. The van der Waals surface area contributed by atoms with Crippen LogP contribution in [0.1, 0.15) is 36.6 Å². The molecule has 2 amide bonds. The topological polar surface area (TPSA) is 65.5 Å². The lowest BCUT2D eigenvalue weighted by molar-refractivity contribution is -0.137. The molecule has 5 nitrogen and oxygen atoms in total. The fourth-order valence-corrected chi connectivity index (χ4v) is 3.65. The van der Waals surface area contributed by atoms with E-state index in [0.29, 0.717) is 25.1 Å². The van der Waals surface area contributed by atoms with Crippen LogP contribution in [0, 0.1) is 6.92 Å². The normalized spacial score (nSPS) is 22.8. The molecule has 2 heterocycles. The fraction of sp³-hybridized carbons (Fsp3) is 0.400. The molecule has 0 saturated carbocycles. The number of aliphatic hydroxyl groups is 1. The number of urea groups is 1. The summed E-state index contributed by atoms with van der Waals surface area (Å²) < 4.78 is 37.9. The number of nitrogens with zero attached hydrogens (tertiary/aromatic N) is 2. The van der Waals surface area contributed by atoms with Crippen molar-refractivity contribution in [3.8, 4) is 0 Å². The molecule has 2 aromatic rings. The summed E-state index contributed by atoms with van der Waals surface area (Å²) in [5.41, 5.74) is -0.0978. The first-order valence-electron chi connectivity index (χ1n) is 8.99. The molecule has 1 aliphatic rings. The predicted octanol–water partition coefficient (Wildman–Crippen LogP) is 4.31. The maximum Gasteiger partial charge on any atom is 0.416 e. The number of amides is 2. The largest absolute Gasteiger partial charge is 0.416 e. The SMILES string of the molecule is Cc1cccnc1C1(O)CCN(C(=O)Nc2ccc(C(F)(F)F)cc2)C(C)C1. The number of rotatable bonds is 2. The number of carbonyl (C=O) groups is 1. The summed E-state index contributed by atoms with van der Waals surface area (Å²) in [6.45, 7) is 4.02. The van der Waals surface area contributed by atoms with Crippen molar-refractivity contribution in [1.82, 2.24) is 9.88 Å². The van der Waals surface area contributed by atoms with Gasteiger partial charge in [0.15, 0.2) is 0 Å². The number of nitrogens with one attached hydrogen (secondary N) is 1. The van der Waals surface area contributed by atoms with Crippen LogP contribution >= 0.6 is 0 Å². The third kappa shape index (κ3) is 4.11. The molecule has 1 saturated heterocycles. The molecule has 150 valence electrons. The van der Waals surface area contributed by atoms with Crippen molar-refractivity contribution in [2.24, 2.45) is 0 Å². The van der Waals surface area contributed by atoms with Gasteiger partial charge in [0.2, 0.25) is 0 Å². The highest BCUT2D eigenvalue weighted by molar-refractivity contribution is 5.89. The average Bonchev–Trinajstić information content (AvgIpc) is 2.61. The van der Waals surface area contributed by atoms with Gasteiger partial charge < -0.3 is 15.3 Å². The number of aryl methyl sites for hydroxylation is 1. The molecule has 1 aliphatic heterocycles. The Hall–Kier alpha value is -2.61. The summed E-state index contributed by atoms with van der Waals surface area (Å²) in [5.74, 6) is 0. The molecule has 2 unspecified atom stereocenters. The first-order valence-corrected chi connectivity index (χ1v) is 8.99. The van der Waals surface area contributed by atoms with Gasteiger partial charge in [0.25, 0.3) is 0 Å². The molecule has 3 rings (SSSR count). The summed E-state index contributed by atoms with van der Waals surface area (Å²) in [6, 6.07) is 7.32. The van der Waals surface area contributed by atoms with Crippen molar-refractivity contribution >= 4 is 11.7 Å². The summed E-state index contributed by atoms with van der Waals surface area (Å²) in [4.78, 5) is 18.5. The lowest BCUT2D eigenvalue weighted by Crippen LogP contribution is -2.52. The Balaban J connectivity index is 1.67. The number of hydrogen-bond acceptors (Lipinski definition) is 3. The number of anilines is 1. The van der Waals surface area contributed by atoms with Gasteiger partial charge in [0, 0.05) is 30.9 Å². The zero-order chi connectivity index (χ0) is 20.5. The molecule has 0 spiro atoms. The van der Waals surface area contributed by atoms with Gasteiger partial charge in [-0.25, -0.2) is 4.79 Å². The average molecular weight is 393 g/mol. The van der Waals surface area contributed by atoms with Gasteiger partial charge in [-0.2, -0.15) is 13.2 Å². The summed E-state index contributed by atoms with van der Waals surface area (Å²) in [5, 5.41) is 13.7. The van der Waals surface area contributed by atoms with Gasteiger partial charge in [0.1, 0.15) is 5.60 Å². The summed E-state index contributed by atoms with van der Waals surface area (Å²) >= 11 is 0. The smallest absolute Gasteiger partial charge is 0.383 e. The second kappa shape index (κ2) is 7.43. The molecule has 2 N–H and O–H groups in total. The van der Waals surface area contributed by atoms with E-state index in [9.17, 15) is 23.1 Å². The highest BCUT2D eigenvalue weighted by atomic mass is 19.4. The minimum absolute atomic E-state index is 0.269. The van der Waals surface area contributed by atoms with Crippen LogP contribution in [0.4, 0.5) is 23.7 Å². The first-order chi connectivity index (χ1) is 13.1. The Bertz CT molecular complexity index is 855. The summed E-state index contributed by atoms with van der Waals surface area (Å²) in [6.07, 6.45) is -2.13. The minimum Gasteiger partial charge on any atom is -0.383 e. The molecule has 1 fully saturated rings. The van der Waals surface area contributed by atoms with Crippen LogP contribution in [0.3, 0.4) is 0 Å². The van der Waals surface area contributed by atoms with Crippen molar-refractivity contribution in [1.29, 1.82) is 0 Å². The molecule has 1 aromatic heterocycles. The number of aromatic nitrogens is 1. The summed E-state index contributed by atoms with van der Waals surface area (Å²) in [7, 11) is 0. The van der Waals surface area contributed by atoms with E-state index < -0.39 is 23.4 Å². The zero-order valence-electron chi connectivity index (χ0n) is 15.6. The fourth-order valence-electron chi connectivity index (χ4n) is 3.65. The quantitative estimate of drug-likeness (QED) is 0.799. The molecule has 28 heavy (non-hydrogen) atoms. The van der Waals surface area contributed by atoms with Gasteiger partial charge in [-0.15, -0.1) is 0 Å². The van der Waals surface area contributed by atoms with E-state index in [1.165, 1.54) is 12.1 Å². The van der Waals surface area contributed by atoms with Crippen LogP contribution in [0.25, 0.3) is 0 Å². The number of likely N-dealkylation sites (tertiary alicyclic amines) is 1. The maximum absolute atomic E-state index is 12.6. The monoisotopic (exact) mass is 393 g/mol. The van der Waals surface area contributed by atoms with Crippen molar-refractivity contribution in [2.45, 2.75) is 44.5 Å². The minimum atomic E-state index is -4.42. The van der Waals surface area contributed by atoms with Crippen molar-refractivity contribution < 1.29 is 23.1 Å². The van der Waals surface area contributed by atoms with Crippen molar-refractivity contribution in [3.63, 3.8) is 0 Å². The van der Waals surface area contributed by atoms with Gasteiger partial charge in [0.05, 0.1) is 11.3 Å². The molecule has 0 bridgehead atoms. The Morgan fingerprint density at radius 1 is 1.29 bits per heavy atom. The van der Waals surface area contributed by atoms with Crippen molar-refractivity contribution in [3.05, 3.63) is 59.4 Å². The van der Waals surface area contributed by atoms with Gasteiger partial charge in [-0.1, -0.05) is 6.07 Å². The Labute approximate surface area is 161 Å². The maximum atomic E-state index is 12.6. The van der Waals surface area contributed by atoms with Gasteiger partial charge in [-0.05, 0) is 56.2 Å². The van der Waals surface area contributed by atoms with E-state index in [1.54, 1.807) is 17.2 Å². The third-order valence-electron chi connectivity index (χ3n) is 5.11.